The van der Waals surface area contributed by atoms with Crippen molar-refractivity contribution >= 4 is 38.4 Å². The monoisotopic (exact) mass is 558 g/mol. The van der Waals surface area contributed by atoms with Crippen LogP contribution >= 0.6 is 11.6 Å². The van der Waals surface area contributed by atoms with Crippen LogP contribution in [0, 0.1) is 0 Å². The van der Waals surface area contributed by atoms with Crippen LogP contribution in [-0.2, 0) is 32.5 Å². The van der Waals surface area contributed by atoms with Crippen LogP contribution in [0.1, 0.15) is 64.6 Å². The maximum absolute atomic E-state index is 13.5. The van der Waals surface area contributed by atoms with Gasteiger partial charge in [0.05, 0.1) is 11.4 Å². The number of esters is 1. The van der Waals surface area contributed by atoms with Crippen LogP contribution in [0.2, 0.25) is 5.02 Å². The zero-order valence-electron chi connectivity index (χ0n) is 22.4. The molecule has 0 amide bonds. The quantitative estimate of drug-likeness (QED) is 0.339. The highest BCUT2D eigenvalue weighted by Gasteiger charge is 2.41. The lowest BCUT2D eigenvalue weighted by atomic mass is 10.1. The van der Waals surface area contributed by atoms with Gasteiger partial charge in [-0.3, -0.25) is 9.59 Å². The van der Waals surface area contributed by atoms with Gasteiger partial charge in [0.1, 0.15) is 11.6 Å². The highest BCUT2D eigenvalue weighted by molar-refractivity contribution is 7.89. The molecule has 0 radical (unpaired) electrons. The summed E-state index contributed by atoms with van der Waals surface area (Å²) < 4.78 is 35.4. The van der Waals surface area contributed by atoms with Crippen molar-refractivity contribution in [1.82, 2.24) is 8.87 Å². The number of aryl methyl sites for hydroxylation is 1. The highest BCUT2D eigenvalue weighted by Crippen LogP contribution is 2.30. The van der Waals surface area contributed by atoms with Crippen LogP contribution < -0.4 is 5.56 Å². The molecule has 204 valence electrons. The van der Waals surface area contributed by atoms with Crippen LogP contribution in [0.3, 0.4) is 0 Å². The Morgan fingerprint density at radius 2 is 1.87 bits per heavy atom. The Morgan fingerprint density at radius 3 is 2.55 bits per heavy atom. The number of aromatic nitrogens is 1. The second kappa shape index (κ2) is 11.2. The number of pyridine rings is 1. The van der Waals surface area contributed by atoms with Gasteiger partial charge in [-0.25, -0.2) is 8.42 Å². The molecule has 1 aromatic heterocycles. The van der Waals surface area contributed by atoms with Crippen molar-refractivity contribution in [2.24, 2.45) is 0 Å². The Bertz CT molecular complexity index is 1510. The molecule has 2 heterocycles. The average molecular weight is 559 g/mol. The normalized spacial score (nSPS) is 16.7. The van der Waals surface area contributed by atoms with E-state index in [1.807, 2.05) is 30.3 Å². The number of benzene rings is 2. The number of sulfonamides is 1. The summed E-state index contributed by atoms with van der Waals surface area (Å²) in [6.07, 6.45) is 3.67. The van der Waals surface area contributed by atoms with E-state index >= 15 is 0 Å². The van der Waals surface area contributed by atoms with E-state index < -0.39 is 27.6 Å². The van der Waals surface area contributed by atoms with Crippen molar-refractivity contribution in [2.75, 3.05) is 6.54 Å². The van der Waals surface area contributed by atoms with E-state index in [-0.39, 0.29) is 28.6 Å². The molecule has 2 aromatic carbocycles. The molecule has 1 fully saturated rings. The minimum Gasteiger partial charge on any atom is -0.459 e. The fourth-order valence-corrected chi connectivity index (χ4v) is 6.82. The zero-order valence-corrected chi connectivity index (χ0v) is 23.9. The zero-order chi connectivity index (χ0) is 27.7. The van der Waals surface area contributed by atoms with Crippen molar-refractivity contribution in [3.8, 4) is 0 Å². The first-order valence-corrected chi connectivity index (χ1v) is 14.9. The fourth-order valence-electron chi connectivity index (χ4n) is 4.84. The lowest BCUT2D eigenvalue weighted by molar-refractivity contribution is -0.158. The van der Waals surface area contributed by atoms with Gasteiger partial charge in [-0.05, 0) is 81.7 Å². The van der Waals surface area contributed by atoms with E-state index in [2.05, 4.69) is 6.92 Å². The topological polar surface area (TPSA) is 85.7 Å². The summed E-state index contributed by atoms with van der Waals surface area (Å²) >= 11 is 6.62. The summed E-state index contributed by atoms with van der Waals surface area (Å²) in [5.74, 6) is -0.545. The summed E-state index contributed by atoms with van der Waals surface area (Å²) in [5.41, 5.74) is 0.752. The third-order valence-electron chi connectivity index (χ3n) is 6.73. The van der Waals surface area contributed by atoms with E-state index in [0.717, 1.165) is 30.3 Å². The van der Waals surface area contributed by atoms with Crippen LogP contribution in [0.15, 0.2) is 58.2 Å². The van der Waals surface area contributed by atoms with Gasteiger partial charge >= 0.3 is 5.97 Å². The van der Waals surface area contributed by atoms with Crippen LogP contribution in [0.25, 0.3) is 10.8 Å². The summed E-state index contributed by atoms with van der Waals surface area (Å²) in [4.78, 5) is 26.1. The third-order valence-corrected chi connectivity index (χ3v) is 8.99. The van der Waals surface area contributed by atoms with Gasteiger partial charge in [0.25, 0.3) is 5.56 Å². The maximum Gasteiger partial charge on any atom is 0.324 e. The number of rotatable bonds is 8. The first kappa shape index (κ1) is 28.3. The summed E-state index contributed by atoms with van der Waals surface area (Å²) in [6.45, 7) is 7.83. The second-order valence-corrected chi connectivity index (χ2v) is 13.1. The Labute approximate surface area is 229 Å². The van der Waals surface area contributed by atoms with Crippen molar-refractivity contribution in [1.29, 1.82) is 0 Å². The molecular formula is C29H35ClN2O5S. The standard InChI is InChI=1S/C29H35ClN2O5S/c1-5-6-11-22-17-20-10-7-8-12-24(20)27(33)31(22)19-21-14-15-23(18-25(21)30)38(35,36)32-16-9-13-26(32)28(34)37-29(2,3)4/h7-8,10,12,14-15,17-18,26H,5-6,9,11,13,16,19H2,1-4H3/t26-/m0/s1. The van der Waals surface area contributed by atoms with Crippen LogP contribution in [0.4, 0.5) is 0 Å². The highest BCUT2D eigenvalue weighted by atomic mass is 35.5. The average Bonchev–Trinajstić information content (AvgIpc) is 3.36. The number of fused-ring (bicyclic) bond motifs is 1. The van der Waals surface area contributed by atoms with Gasteiger partial charge in [-0.1, -0.05) is 49.2 Å². The molecule has 38 heavy (non-hydrogen) atoms. The lowest BCUT2D eigenvalue weighted by Gasteiger charge is -2.27. The van der Waals surface area contributed by atoms with Crippen molar-refractivity contribution in [3.05, 3.63) is 75.2 Å². The van der Waals surface area contributed by atoms with E-state index in [1.54, 1.807) is 31.4 Å². The molecule has 9 heteroatoms. The fraction of sp³-hybridized carbons (Fsp3) is 0.448. The van der Waals surface area contributed by atoms with Gasteiger partial charge in [0, 0.05) is 22.6 Å². The molecule has 0 N–H and O–H groups in total. The minimum atomic E-state index is -3.98. The van der Waals surface area contributed by atoms with Crippen molar-refractivity contribution in [2.45, 2.75) is 82.9 Å². The number of carbonyl (C=O) groups is 1. The lowest BCUT2D eigenvalue weighted by Crippen LogP contribution is -2.43. The molecular weight excluding hydrogens is 524 g/mol. The number of hydrogen-bond donors (Lipinski definition) is 0. The van der Waals surface area contributed by atoms with E-state index in [0.29, 0.717) is 23.8 Å². The SMILES string of the molecule is CCCCc1cc2ccccc2c(=O)n1Cc1ccc(S(=O)(=O)N2CCC[C@H]2C(=O)OC(C)(C)C)cc1Cl. The molecule has 0 spiro atoms. The molecule has 7 nitrogen and oxygen atoms in total. The number of carbonyl (C=O) groups excluding carboxylic acids is 1. The van der Waals surface area contributed by atoms with E-state index in [9.17, 15) is 18.0 Å². The second-order valence-electron chi connectivity index (χ2n) is 10.8. The van der Waals surface area contributed by atoms with Crippen molar-refractivity contribution < 1.29 is 17.9 Å². The summed E-state index contributed by atoms with van der Waals surface area (Å²) in [5, 5.41) is 1.78. The molecule has 0 saturated carbocycles. The molecule has 1 atom stereocenters. The first-order valence-electron chi connectivity index (χ1n) is 13.1. The number of nitrogens with zero attached hydrogens (tertiary/aromatic N) is 2. The predicted octanol–water partition coefficient (Wildman–Crippen LogP) is 5.54. The van der Waals surface area contributed by atoms with E-state index in [4.69, 9.17) is 16.3 Å². The predicted molar refractivity (Wildman–Crippen MR) is 150 cm³/mol. The van der Waals surface area contributed by atoms with Gasteiger partial charge in [-0.15, -0.1) is 0 Å². The van der Waals surface area contributed by atoms with Crippen LogP contribution in [-0.4, -0.2) is 41.4 Å². The molecule has 0 aliphatic carbocycles. The Hall–Kier alpha value is -2.68. The smallest absolute Gasteiger partial charge is 0.324 e. The van der Waals surface area contributed by atoms with Gasteiger partial charge in [-0.2, -0.15) is 4.31 Å². The molecule has 0 bridgehead atoms. The van der Waals surface area contributed by atoms with Gasteiger partial charge in [0.2, 0.25) is 10.0 Å². The number of ether oxygens (including phenoxy) is 1. The molecule has 4 rings (SSSR count). The molecule has 1 aliphatic heterocycles. The molecule has 1 saturated heterocycles. The Kier molecular flexibility index (Phi) is 8.35. The number of unbranched alkanes of at least 4 members (excludes halogenated alkanes) is 1. The summed E-state index contributed by atoms with van der Waals surface area (Å²) in [7, 11) is -3.98. The van der Waals surface area contributed by atoms with Gasteiger partial charge in [0.15, 0.2) is 0 Å². The molecule has 3 aromatic rings. The molecule has 0 unspecified atom stereocenters. The van der Waals surface area contributed by atoms with Crippen LogP contribution in [0.5, 0.6) is 0 Å². The third kappa shape index (κ3) is 5.98. The Balaban J connectivity index is 1.65. The van der Waals surface area contributed by atoms with E-state index in [1.165, 1.54) is 16.4 Å². The first-order chi connectivity index (χ1) is 17.9. The number of halogens is 1. The molecule has 1 aliphatic rings. The minimum absolute atomic E-state index is 0.0128. The number of hydrogen-bond acceptors (Lipinski definition) is 5. The summed E-state index contributed by atoms with van der Waals surface area (Å²) in [6, 6.07) is 13.2. The largest absolute Gasteiger partial charge is 0.459 e. The van der Waals surface area contributed by atoms with Crippen molar-refractivity contribution in [3.63, 3.8) is 0 Å². The van der Waals surface area contributed by atoms with Gasteiger partial charge < -0.3 is 9.30 Å². The Morgan fingerprint density at radius 1 is 1.13 bits per heavy atom. The maximum atomic E-state index is 13.5.